The van der Waals surface area contributed by atoms with Crippen LogP contribution >= 0.6 is 34.5 Å². The molecule has 17 nitrogen and oxygen atoms in total. The SMILES string of the molecule is COC(C)c1c(NC(=O)Nc2cc(Cl)cnc2OCCNCCCCCCC(=O)C(C(=O)N2C[C@@H](O)C[C@@H]2C(=O)NCc2ccc(-c3scnc3C)cc2)C(C)(C)C)cnc2cc(Cl)nn12. The number of aliphatic hydroxyl groups excluding tert-OH is 1. The summed E-state index contributed by atoms with van der Waals surface area (Å²) in [6.07, 6.45) is 5.10. The Morgan fingerprint density at radius 2 is 1.71 bits per heavy atom. The van der Waals surface area contributed by atoms with Crippen molar-refractivity contribution in [1.82, 2.24) is 40.1 Å². The van der Waals surface area contributed by atoms with Gasteiger partial charge in [-0.05, 0) is 55.8 Å². The molecule has 1 aromatic carbocycles. The van der Waals surface area contributed by atoms with Crippen molar-refractivity contribution in [2.45, 2.75) is 97.9 Å². The van der Waals surface area contributed by atoms with Gasteiger partial charge >= 0.3 is 6.03 Å². The summed E-state index contributed by atoms with van der Waals surface area (Å²) >= 11 is 13.9. The summed E-state index contributed by atoms with van der Waals surface area (Å²) in [5.74, 6) is -1.70. The summed E-state index contributed by atoms with van der Waals surface area (Å²) in [5.41, 5.74) is 5.71. The van der Waals surface area contributed by atoms with Crippen LogP contribution in [-0.4, -0.2) is 104 Å². The number of aryl methyl sites for hydroxylation is 1. The lowest BCUT2D eigenvalue weighted by atomic mass is 9.76. The van der Waals surface area contributed by atoms with Crippen LogP contribution in [0.3, 0.4) is 0 Å². The standard InChI is InChI=1S/C46H58Cl2N10O7S/c1-27-41(66-26-53-27)30-14-12-29(13-15-30)22-51-42(61)35-20-32(59)25-57(35)44(62)39(46(3,4)5)36(60)11-9-7-8-10-16-49-17-18-65-43-33(19-31(47)23-52-43)54-45(63)55-34-24-50-38-21-37(48)56-58(38)40(34)28(2)64-6/h12-15,19,21,23-24,26,28,32,35,39,49,59H,7-11,16-18,20,22,25H2,1-6H3,(H,51,61)(H2,54,55,63)/t28?,32-,35+,39?/m0/s1. The lowest BCUT2D eigenvalue weighted by molar-refractivity contribution is -0.149. The van der Waals surface area contributed by atoms with E-state index < -0.39 is 41.5 Å². The van der Waals surface area contributed by atoms with E-state index in [9.17, 15) is 24.3 Å². The number of urea groups is 1. The number of nitrogens with one attached hydrogen (secondary N) is 4. The minimum Gasteiger partial charge on any atom is -0.475 e. The van der Waals surface area contributed by atoms with Crippen molar-refractivity contribution in [2.75, 3.05) is 44.0 Å². The van der Waals surface area contributed by atoms with E-state index in [4.69, 9.17) is 32.7 Å². The van der Waals surface area contributed by atoms with Gasteiger partial charge in [-0.25, -0.2) is 24.3 Å². The number of Topliss-reactive ketones (excluding diaryl/α,β-unsaturated/α-hetero) is 1. The molecule has 5 N–H and O–H groups in total. The molecule has 0 spiro atoms. The molecule has 0 radical (unpaired) electrons. The Kier molecular flexibility index (Phi) is 17.5. The molecule has 2 unspecified atom stereocenters. The topological polar surface area (TPSA) is 214 Å². The number of β-amino-alcohol motifs (C(OH)–C–C–N with tert-alkyl or cyclic N) is 1. The molecular formula is C46H58Cl2N10O7S. The number of hydrogen-bond acceptors (Lipinski definition) is 13. The second-order valence-electron chi connectivity index (χ2n) is 17.4. The van der Waals surface area contributed by atoms with Crippen LogP contribution in [0.2, 0.25) is 10.2 Å². The molecule has 1 fully saturated rings. The summed E-state index contributed by atoms with van der Waals surface area (Å²) in [5, 5.41) is 27.2. The number of thiazole rings is 1. The van der Waals surface area contributed by atoms with Crippen LogP contribution in [0.4, 0.5) is 16.2 Å². The monoisotopic (exact) mass is 964 g/mol. The van der Waals surface area contributed by atoms with Gasteiger partial charge in [0.05, 0.1) is 50.9 Å². The van der Waals surface area contributed by atoms with E-state index in [2.05, 4.69) is 41.3 Å². The van der Waals surface area contributed by atoms with Crippen molar-refractivity contribution in [2.24, 2.45) is 11.3 Å². The minimum absolute atomic E-state index is 0.00119. The van der Waals surface area contributed by atoms with Crippen LogP contribution in [0.15, 0.2) is 54.3 Å². The first-order valence-electron chi connectivity index (χ1n) is 22.0. The van der Waals surface area contributed by atoms with E-state index in [-0.39, 0.29) is 60.9 Å². The maximum atomic E-state index is 14.1. The van der Waals surface area contributed by atoms with Gasteiger partial charge < -0.3 is 40.7 Å². The number of aromatic nitrogens is 5. The molecule has 0 bridgehead atoms. The Balaban J connectivity index is 0.905. The highest BCUT2D eigenvalue weighted by atomic mass is 35.5. The van der Waals surface area contributed by atoms with Crippen molar-refractivity contribution in [3.63, 3.8) is 0 Å². The molecule has 1 aliphatic heterocycles. The average molecular weight is 966 g/mol. The van der Waals surface area contributed by atoms with Crippen molar-refractivity contribution in [1.29, 1.82) is 0 Å². The normalized spacial score (nSPS) is 16.0. The smallest absolute Gasteiger partial charge is 0.323 e. The number of ketones is 1. The van der Waals surface area contributed by atoms with E-state index >= 15 is 0 Å². The lowest BCUT2D eigenvalue weighted by Gasteiger charge is -2.34. The molecule has 4 atom stereocenters. The summed E-state index contributed by atoms with van der Waals surface area (Å²) < 4.78 is 12.9. The second-order valence-corrected chi connectivity index (χ2v) is 19.0. The lowest BCUT2D eigenvalue weighted by Crippen LogP contribution is -2.51. The summed E-state index contributed by atoms with van der Waals surface area (Å²) in [4.78, 5) is 69.8. The molecule has 4 aromatic heterocycles. The quantitative estimate of drug-likeness (QED) is 0.0355. The number of unbranched alkanes of at least 4 members (excludes halogenated alkanes) is 3. The fraction of sp³-hybridized carbons (Fsp3) is 0.478. The number of pyridine rings is 1. The van der Waals surface area contributed by atoms with Gasteiger partial charge in [-0.1, -0.05) is 81.1 Å². The van der Waals surface area contributed by atoms with E-state index in [1.807, 2.05) is 64.4 Å². The van der Waals surface area contributed by atoms with E-state index in [1.165, 1.54) is 27.9 Å². The van der Waals surface area contributed by atoms with Crippen molar-refractivity contribution in [3.8, 4) is 16.3 Å². The zero-order valence-electron chi connectivity index (χ0n) is 38.0. The number of fused-ring (bicyclic) bond motifs is 1. The summed E-state index contributed by atoms with van der Waals surface area (Å²) in [7, 11) is 1.54. The van der Waals surface area contributed by atoms with Gasteiger partial charge in [0.1, 0.15) is 30.0 Å². The molecule has 20 heteroatoms. The van der Waals surface area contributed by atoms with Crippen molar-refractivity contribution < 1.29 is 33.8 Å². The molecule has 5 heterocycles. The Morgan fingerprint density at radius 3 is 2.42 bits per heavy atom. The summed E-state index contributed by atoms with van der Waals surface area (Å²) in [6.45, 7) is 11.1. The first-order chi connectivity index (χ1) is 31.5. The Bertz CT molecular complexity index is 2480. The third kappa shape index (κ3) is 13.0. The highest BCUT2D eigenvalue weighted by Gasteiger charge is 2.46. The van der Waals surface area contributed by atoms with E-state index in [0.29, 0.717) is 41.6 Å². The highest BCUT2D eigenvalue weighted by Crippen LogP contribution is 2.34. The molecule has 354 valence electrons. The largest absolute Gasteiger partial charge is 0.475 e. The molecular weight excluding hydrogens is 908 g/mol. The number of hydrogen-bond donors (Lipinski definition) is 5. The Morgan fingerprint density at radius 1 is 0.970 bits per heavy atom. The number of ether oxygens (including phenoxy) is 2. The third-order valence-corrected chi connectivity index (χ3v) is 12.7. The maximum Gasteiger partial charge on any atom is 0.323 e. The molecule has 66 heavy (non-hydrogen) atoms. The van der Waals surface area contributed by atoms with Gasteiger partial charge in [0.15, 0.2) is 10.8 Å². The zero-order chi connectivity index (χ0) is 47.5. The molecule has 6 rings (SSSR count). The third-order valence-electron chi connectivity index (χ3n) is 11.3. The van der Waals surface area contributed by atoms with Gasteiger partial charge in [0.25, 0.3) is 0 Å². The van der Waals surface area contributed by atoms with Crippen molar-refractivity contribution >= 4 is 75.2 Å². The van der Waals surface area contributed by atoms with Crippen LogP contribution in [0.1, 0.15) is 89.3 Å². The number of anilines is 2. The molecule has 4 amide bonds. The van der Waals surface area contributed by atoms with Gasteiger partial charge in [-0.2, -0.15) is 5.10 Å². The molecule has 1 aliphatic rings. The number of carbonyl (C=O) groups excluding carboxylic acids is 4. The molecule has 5 aromatic rings. The number of nitrogens with zero attached hydrogens (tertiary/aromatic N) is 6. The number of likely N-dealkylation sites (tertiary alicyclic amines) is 1. The number of benzene rings is 1. The molecule has 0 aliphatic carbocycles. The predicted molar refractivity (Wildman–Crippen MR) is 255 cm³/mol. The average Bonchev–Trinajstić information content (AvgIpc) is 4.00. The van der Waals surface area contributed by atoms with Crippen LogP contribution in [-0.2, 0) is 25.7 Å². The number of rotatable bonds is 21. The van der Waals surface area contributed by atoms with Crippen LogP contribution in [0.5, 0.6) is 5.88 Å². The predicted octanol–water partition coefficient (Wildman–Crippen LogP) is 7.64. The van der Waals surface area contributed by atoms with Crippen LogP contribution in [0, 0.1) is 18.3 Å². The van der Waals surface area contributed by atoms with E-state index in [1.54, 1.807) is 24.5 Å². The van der Waals surface area contributed by atoms with Gasteiger partial charge in [0.2, 0.25) is 17.7 Å². The number of amides is 4. The van der Waals surface area contributed by atoms with Gasteiger partial charge in [-0.3, -0.25) is 14.4 Å². The zero-order valence-corrected chi connectivity index (χ0v) is 40.4. The van der Waals surface area contributed by atoms with Crippen LogP contribution in [0.25, 0.3) is 16.1 Å². The van der Waals surface area contributed by atoms with Gasteiger partial charge in [-0.15, -0.1) is 11.3 Å². The Hall–Kier alpha value is -5.24. The summed E-state index contributed by atoms with van der Waals surface area (Å²) in [6, 6.07) is 9.56. The Labute approximate surface area is 398 Å². The first kappa shape index (κ1) is 50.2. The fourth-order valence-electron chi connectivity index (χ4n) is 7.94. The number of aliphatic hydroxyl groups is 1. The van der Waals surface area contributed by atoms with Gasteiger partial charge in [0, 0.05) is 51.8 Å². The van der Waals surface area contributed by atoms with Crippen molar-refractivity contribution in [3.05, 3.63) is 81.4 Å². The first-order valence-corrected chi connectivity index (χ1v) is 23.6. The van der Waals surface area contributed by atoms with Crippen LogP contribution < -0.4 is 26.0 Å². The molecule has 0 saturated carbocycles. The number of methoxy groups -OCH3 is 1. The number of carbonyl (C=O) groups is 4. The maximum absolute atomic E-state index is 14.1. The fourth-order valence-corrected chi connectivity index (χ4v) is 9.09. The molecule has 1 saturated heterocycles. The highest BCUT2D eigenvalue weighted by molar-refractivity contribution is 7.13. The minimum atomic E-state index is -0.949. The van der Waals surface area contributed by atoms with E-state index in [0.717, 1.165) is 41.0 Å². The second kappa shape index (κ2) is 23.0. The number of halogens is 2.